The van der Waals surface area contributed by atoms with Crippen molar-refractivity contribution in [3.05, 3.63) is 49.7 Å². The zero-order valence-electron chi connectivity index (χ0n) is 11.6. The number of thiophene rings is 1. The van der Waals surface area contributed by atoms with Crippen LogP contribution in [0.2, 0.25) is 0 Å². The number of halogens is 1. The number of fused-ring (bicyclic) bond motifs is 3. The molecule has 0 fully saturated rings. The topological polar surface area (TPSA) is 60.4 Å². The van der Waals surface area contributed by atoms with Gasteiger partial charge < -0.3 is 4.42 Å². The maximum absolute atomic E-state index is 12.7. The van der Waals surface area contributed by atoms with Gasteiger partial charge in [-0.2, -0.15) is 9.78 Å². The van der Waals surface area contributed by atoms with E-state index >= 15 is 0 Å². The van der Waals surface area contributed by atoms with Crippen molar-refractivity contribution in [1.82, 2.24) is 9.66 Å². The molecule has 3 heterocycles. The number of hydrogen-bond donors (Lipinski definition) is 0. The fourth-order valence-corrected chi connectivity index (χ4v) is 4.27. The molecule has 0 atom stereocenters. The molecule has 0 aromatic carbocycles. The van der Waals surface area contributed by atoms with Crippen molar-refractivity contribution in [2.24, 2.45) is 5.10 Å². The number of hydrogen-bond acceptors (Lipinski definition) is 5. The summed E-state index contributed by atoms with van der Waals surface area (Å²) in [6.45, 7) is 0. The molecule has 1 aliphatic carbocycles. The molecule has 3 aromatic rings. The van der Waals surface area contributed by atoms with Crippen molar-refractivity contribution in [3.8, 4) is 0 Å². The summed E-state index contributed by atoms with van der Waals surface area (Å²) in [5.74, 6) is 0.575. The highest BCUT2D eigenvalue weighted by Crippen LogP contribution is 2.33. The zero-order valence-corrected chi connectivity index (χ0v) is 14.0. The van der Waals surface area contributed by atoms with Gasteiger partial charge in [0.25, 0.3) is 5.56 Å². The van der Waals surface area contributed by atoms with E-state index in [1.165, 1.54) is 34.1 Å². The second-order valence-electron chi connectivity index (χ2n) is 5.17. The molecule has 5 nitrogen and oxygen atoms in total. The van der Waals surface area contributed by atoms with E-state index in [4.69, 9.17) is 4.42 Å². The van der Waals surface area contributed by atoms with Crippen LogP contribution >= 0.6 is 27.3 Å². The van der Waals surface area contributed by atoms with Crippen LogP contribution in [0.15, 0.2) is 37.4 Å². The second-order valence-corrected chi connectivity index (χ2v) is 7.04. The molecular weight excluding hydrogens is 366 g/mol. The Morgan fingerprint density at radius 1 is 1.36 bits per heavy atom. The summed E-state index contributed by atoms with van der Waals surface area (Å²) in [6, 6.07) is 3.55. The SMILES string of the molecule is O=c1c2c3c(sc2ncn1/N=C/c1ccc(Br)o1)CCCC3. The Morgan fingerprint density at radius 3 is 3.05 bits per heavy atom. The Hall–Kier alpha value is -1.73. The van der Waals surface area contributed by atoms with E-state index in [0.717, 1.165) is 29.5 Å². The van der Waals surface area contributed by atoms with Crippen molar-refractivity contribution < 1.29 is 4.42 Å². The molecule has 0 spiro atoms. The van der Waals surface area contributed by atoms with E-state index in [9.17, 15) is 4.79 Å². The normalized spacial score (nSPS) is 14.8. The van der Waals surface area contributed by atoms with Gasteiger partial charge in [-0.25, -0.2) is 4.98 Å². The first-order chi connectivity index (χ1) is 10.7. The van der Waals surface area contributed by atoms with E-state index in [1.54, 1.807) is 23.5 Å². The molecule has 22 heavy (non-hydrogen) atoms. The number of aryl methyl sites for hydroxylation is 2. The van der Waals surface area contributed by atoms with Gasteiger partial charge >= 0.3 is 0 Å². The van der Waals surface area contributed by atoms with Crippen molar-refractivity contribution in [2.45, 2.75) is 25.7 Å². The van der Waals surface area contributed by atoms with Gasteiger partial charge in [0, 0.05) is 4.88 Å². The van der Waals surface area contributed by atoms with Gasteiger partial charge in [0.1, 0.15) is 16.9 Å². The van der Waals surface area contributed by atoms with Gasteiger partial charge in [-0.3, -0.25) is 4.79 Å². The molecule has 4 rings (SSSR count). The highest BCUT2D eigenvalue weighted by atomic mass is 79.9. The summed E-state index contributed by atoms with van der Waals surface area (Å²) in [6.07, 6.45) is 7.33. The predicted octanol–water partition coefficient (Wildman–Crippen LogP) is 3.57. The largest absolute Gasteiger partial charge is 0.448 e. The molecule has 0 unspecified atom stereocenters. The third kappa shape index (κ3) is 2.34. The molecule has 7 heteroatoms. The lowest BCUT2D eigenvalue weighted by atomic mass is 9.97. The average molecular weight is 378 g/mol. The molecule has 0 saturated carbocycles. The summed E-state index contributed by atoms with van der Waals surface area (Å²) in [5.41, 5.74) is 1.07. The van der Waals surface area contributed by atoms with Crippen LogP contribution in [0, 0.1) is 0 Å². The third-order valence-electron chi connectivity index (χ3n) is 3.76. The van der Waals surface area contributed by atoms with Crippen LogP contribution in [0.25, 0.3) is 10.2 Å². The Kier molecular flexibility index (Phi) is 3.46. The summed E-state index contributed by atoms with van der Waals surface area (Å²) in [4.78, 5) is 19.2. The first-order valence-electron chi connectivity index (χ1n) is 7.04. The Balaban J connectivity index is 1.80. The van der Waals surface area contributed by atoms with Gasteiger partial charge in [-0.05, 0) is 59.3 Å². The van der Waals surface area contributed by atoms with E-state index in [-0.39, 0.29) is 5.56 Å². The smallest absolute Gasteiger partial charge is 0.282 e. The molecule has 1 aliphatic rings. The maximum atomic E-state index is 12.7. The minimum Gasteiger partial charge on any atom is -0.448 e. The van der Waals surface area contributed by atoms with Gasteiger partial charge in [0.2, 0.25) is 0 Å². The van der Waals surface area contributed by atoms with Crippen molar-refractivity contribution in [3.63, 3.8) is 0 Å². The molecule has 0 N–H and O–H groups in total. The molecule has 0 aliphatic heterocycles. The first-order valence-corrected chi connectivity index (χ1v) is 8.65. The summed E-state index contributed by atoms with van der Waals surface area (Å²) in [7, 11) is 0. The third-order valence-corrected chi connectivity index (χ3v) is 5.39. The van der Waals surface area contributed by atoms with Crippen molar-refractivity contribution in [1.29, 1.82) is 0 Å². The molecule has 0 saturated heterocycles. The lowest BCUT2D eigenvalue weighted by molar-refractivity contribution is 0.534. The molecule has 3 aromatic heterocycles. The number of nitrogens with zero attached hydrogens (tertiary/aromatic N) is 3. The van der Waals surface area contributed by atoms with Crippen molar-refractivity contribution in [2.75, 3.05) is 0 Å². The summed E-state index contributed by atoms with van der Waals surface area (Å²) in [5, 5.41) is 4.91. The number of rotatable bonds is 2. The van der Waals surface area contributed by atoms with E-state index < -0.39 is 0 Å². The summed E-state index contributed by atoms with van der Waals surface area (Å²) >= 11 is 4.87. The van der Waals surface area contributed by atoms with Crippen LogP contribution in [-0.2, 0) is 12.8 Å². The van der Waals surface area contributed by atoms with E-state index in [2.05, 4.69) is 26.0 Å². The summed E-state index contributed by atoms with van der Waals surface area (Å²) < 4.78 is 7.25. The van der Waals surface area contributed by atoms with Gasteiger partial charge in [0.15, 0.2) is 4.67 Å². The van der Waals surface area contributed by atoms with E-state index in [0.29, 0.717) is 10.4 Å². The van der Waals surface area contributed by atoms with Gasteiger partial charge in [-0.15, -0.1) is 11.3 Å². The lowest BCUT2D eigenvalue weighted by Crippen LogP contribution is -2.17. The highest BCUT2D eigenvalue weighted by Gasteiger charge is 2.19. The van der Waals surface area contributed by atoms with Crippen LogP contribution in [0.3, 0.4) is 0 Å². The highest BCUT2D eigenvalue weighted by molar-refractivity contribution is 9.10. The van der Waals surface area contributed by atoms with Crippen LogP contribution < -0.4 is 5.56 Å². The molecule has 112 valence electrons. The first kappa shape index (κ1) is 13.9. The zero-order chi connectivity index (χ0) is 15.1. The lowest BCUT2D eigenvalue weighted by Gasteiger charge is -2.09. The Bertz CT molecular complexity index is 938. The second kappa shape index (κ2) is 5.48. The minimum atomic E-state index is -0.105. The number of furan rings is 1. The number of aromatic nitrogens is 2. The van der Waals surface area contributed by atoms with Gasteiger partial charge in [-0.1, -0.05) is 0 Å². The average Bonchev–Trinajstić information content (AvgIpc) is 3.10. The van der Waals surface area contributed by atoms with Crippen LogP contribution in [-0.4, -0.2) is 15.9 Å². The standard InChI is InChI=1S/C15H12BrN3O2S/c16-12-6-5-9(21-12)7-18-19-8-17-14-13(15(19)20)10-3-1-2-4-11(10)22-14/h5-8H,1-4H2/b18-7+. The van der Waals surface area contributed by atoms with Gasteiger partial charge in [0.05, 0.1) is 11.6 Å². The fraction of sp³-hybridized carbons (Fsp3) is 0.267. The van der Waals surface area contributed by atoms with Crippen molar-refractivity contribution >= 4 is 43.7 Å². The van der Waals surface area contributed by atoms with Crippen LogP contribution in [0.5, 0.6) is 0 Å². The van der Waals surface area contributed by atoms with Crippen LogP contribution in [0.1, 0.15) is 29.0 Å². The molecule has 0 radical (unpaired) electrons. The maximum Gasteiger partial charge on any atom is 0.282 e. The Labute approximate surface area is 138 Å². The minimum absolute atomic E-state index is 0.105. The monoisotopic (exact) mass is 377 g/mol. The predicted molar refractivity (Wildman–Crippen MR) is 89.9 cm³/mol. The van der Waals surface area contributed by atoms with E-state index in [1.807, 2.05) is 0 Å². The fourth-order valence-electron chi connectivity index (χ4n) is 2.74. The molecular formula is C15H12BrN3O2S. The quantitative estimate of drug-likeness (QED) is 0.641. The molecule has 0 bridgehead atoms. The molecule has 0 amide bonds. The van der Waals surface area contributed by atoms with Crippen LogP contribution in [0.4, 0.5) is 0 Å². The Morgan fingerprint density at radius 2 is 2.23 bits per heavy atom.